The van der Waals surface area contributed by atoms with Crippen molar-refractivity contribution in [1.82, 2.24) is 9.97 Å². The van der Waals surface area contributed by atoms with E-state index in [1.165, 1.54) is 36.5 Å². The molecule has 4 nitrogen and oxygen atoms in total. The van der Waals surface area contributed by atoms with Crippen molar-refractivity contribution in [2.45, 2.75) is 25.8 Å². The summed E-state index contributed by atoms with van der Waals surface area (Å²) >= 11 is 0. The maximum absolute atomic E-state index is 13.2. The molecule has 0 radical (unpaired) electrons. The normalized spacial score (nSPS) is 11.9. The van der Waals surface area contributed by atoms with Crippen LogP contribution in [0, 0.1) is 0 Å². The number of hydrogen-bond donors (Lipinski definition) is 1. The molecular weight excluding hydrogens is 395 g/mol. The van der Waals surface area contributed by atoms with Crippen molar-refractivity contribution in [3.63, 3.8) is 0 Å². The molecule has 0 unspecified atom stereocenters. The van der Waals surface area contributed by atoms with Crippen molar-refractivity contribution in [1.29, 1.82) is 0 Å². The molecule has 0 atom stereocenters. The lowest BCUT2D eigenvalue weighted by atomic mass is 10.0. The van der Waals surface area contributed by atoms with Gasteiger partial charge in [0.2, 0.25) is 0 Å². The van der Waals surface area contributed by atoms with Crippen LogP contribution in [0.3, 0.4) is 0 Å². The minimum atomic E-state index is -4.51. The van der Waals surface area contributed by atoms with Gasteiger partial charge in [-0.2, -0.15) is 13.2 Å². The predicted molar refractivity (Wildman–Crippen MR) is 110 cm³/mol. The molecule has 0 saturated carbocycles. The first-order valence-electron chi connectivity index (χ1n) is 8.96. The third kappa shape index (κ3) is 4.89. The lowest BCUT2D eigenvalue weighted by Crippen LogP contribution is -2.37. The average Bonchev–Trinajstić information content (AvgIpc) is 2.67. The molecule has 0 aliphatic heterocycles. The average molecular weight is 415 g/mol. The van der Waals surface area contributed by atoms with E-state index >= 15 is 0 Å². The molecule has 1 N–H and O–H groups in total. The fraction of sp³-hybridized carbons (Fsp3) is 0.190. The van der Waals surface area contributed by atoms with E-state index in [1.54, 1.807) is 6.20 Å². The summed E-state index contributed by atoms with van der Waals surface area (Å²) in [5.74, 6) is 0.0666. The third-order valence-electron chi connectivity index (χ3n) is 4.40. The topological polar surface area (TPSA) is 54.9 Å². The fourth-order valence-electron chi connectivity index (χ4n) is 2.80. The summed E-state index contributed by atoms with van der Waals surface area (Å²) in [5.41, 5.74) is -0.382. The number of carbonyl (C=O) groups excluding carboxylic acids is 1. The number of alkyl halides is 3. The Balaban J connectivity index is 1.82. The zero-order valence-electron chi connectivity index (χ0n) is 16.2. The molecule has 2 heterocycles. The maximum Gasteiger partial charge on any atom is 0.418 e. The summed E-state index contributed by atoms with van der Waals surface area (Å²) in [6.45, 7) is 6.58. The van der Waals surface area contributed by atoms with Crippen molar-refractivity contribution in [3.8, 4) is 11.3 Å². The Morgan fingerprint density at radius 2 is 1.66 bits per heavy atom. The molecule has 0 aliphatic carbocycles. The highest BCUT2D eigenvalue weighted by atomic mass is 28.3. The first kappa shape index (κ1) is 20.7. The summed E-state index contributed by atoms with van der Waals surface area (Å²) in [4.78, 5) is 20.6. The van der Waals surface area contributed by atoms with Gasteiger partial charge in [-0.15, -0.1) is 0 Å². The molecule has 0 bridgehead atoms. The van der Waals surface area contributed by atoms with Gasteiger partial charge in [0, 0.05) is 23.5 Å². The van der Waals surface area contributed by atoms with E-state index in [-0.39, 0.29) is 17.2 Å². The lowest BCUT2D eigenvalue weighted by Gasteiger charge is -2.17. The number of benzene rings is 1. The van der Waals surface area contributed by atoms with Crippen LogP contribution in [0.4, 0.5) is 19.0 Å². The summed E-state index contributed by atoms with van der Waals surface area (Å²) in [5, 5.41) is 3.90. The first-order chi connectivity index (χ1) is 13.6. The Kier molecular flexibility index (Phi) is 5.56. The second-order valence-electron chi connectivity index (χ2n) is 7.61. The van der Waals surface area contributed by atoms with Gasteiger partial charge in [-0.05, 0) is 36.4 Å². The standard InChI is InChI=1S/C21H20F3N3OSi/c1-29(2,3)16-10-12-25-18(13-16)27-20(28)15-8-6-14(7-9-15)19-17(21(22,23)24)5-4-11-26-19/h4-13H,1-3H3,(H,25,27,28). The molecule has 0 fully saturated rings. The molecule has 3 rings (SSSR count). The number of hydrogen-bond acceptors (Lipinski definition) is 3. The van der Waals surface area contributed by atoms with Crippen LogP contribution in [0.1, 0.15) is 15.9 Å². The predicted octanol–water partition coefficient (Wildman–Crippen LogP) is 4.96. The summed E-state index contributed by atoms with van der Waals surface area (Å²) < 4.78 is 39.6. The number of halogens is 3. The largest absolute Gasteiger partial charge is 0.418 e. The minimum absolute atomic E-state index is 0.170. The number of aromatic nitrogens is 2. The van der Waals surface area contributed by atoms with Gasteiger partial charge in [-0.3, -0.25) is 9.78 Å². The number of nitrogens with one attached hydrogen (secondary N) is 1. The zero-order valence-corrected chi connectivity index (χ0v) is 17.2. The summed E-state index contributed by atoms with van der Waals surface area (Å²) in [7, 11) is -1.55. The van der Waals surface area contributed by atoms with E-state index in [0.29, 0.717) is 11.4 Å². The van der Waals surface area contributed by atoms with E-state index in [9.17, 15) is 18.0 Å². The van der Waals surface area contributed by atoms with Crippen LogP contribution in [0.25, 0.3) is 11.3 Å². The molecular formula is C21H20F3N3OSi. The van der Waals surface area contributed by atoms with Gasteiger partial charge >= 0.3 is 6.18 Å². The van der Waals surface area contributed by atoms with Gasteiger partial charge in [0.05, 0.1) is 19.3 Å². The van der Waals surface area contributed by atoms with Crippen molar-refractivity contribution in [2.24, 2.45) is 0 Å². The van der Waals surface area contributed by atoms with Gasteiger partial charge in [-0.1, -0.05) is 37.0 Å². The Morgan fingerprint density at radius 1 is 0.966 bits per heavy atom. The van der Waals surface area contributed by atoms with Gasteiger partial charge in [0.25, 0.3) is 5.91 Å². The van der Waals surface area contributed by atoms with Crippen LogP contribution >= 0.6 is 0 Å². The van der Waals surface area contributed by atoms with E-state index in [0.717, 1.165) is 11.3 Å². The highest BCUT2D eigenvalue weighted by molar-refractivity contribution is 6.88. The third-order valence-corrected chi connectivity index (χ3v) is 6.44. The number of rotatable bonds is 4. The van der Waals surface area contributed by atoms with E-state index in [4.69, 9.17) is 0 Å². The van der Waals surface area contributed by atoms with Crippen LogP contribution in [0.2, 0.25) is 19.6 Å². The van der Waals surface area contributed by atoms with Crippen LogP contribution in [0.15, 0.2) is 60.9 Å². The Hall–Kier alpha value is -3.00. The molecule has 0 spiro atoms. The molecule has 1 amide bonds. The second kappa shape index (κ2) is 7.79. The monoisotopic (exact) mass is 415 g/mol. The van der Waals surface area contributed by atoms with Gasteiger partial charge in [0.15, 0.2) is 0 Å². The van der Waals surface area contributed by atoms with Gasteiger partial charge in [0.1, 0.15) is 5.82 Å². The Bertz CT molecular complexity index is 1030. The minimum Gasteiger partial charge on any atom is -0.307 e. The second-order valence-corrected chi connectivity index (χ2v) is 12.7. The van der Waals surface area contributed by atoms with E-state index in [1.807, 2.05) is 12.1 Å². The highest BCUT2D eigenvalue weighted by Crippen LogP contribution is 2.35. The smallest absolute Gasteiger partial charge is 0.307 e. The van der Waals surface area contributed by atoms with Crippen molar-refractivity contribution >= 4 is 25.0 Å². The molecule has 29 heavy (non-hydrogen) atoms. The summed E-state index contributed by atoms with van der Waals surface area (Å²) in [6.07, 6.45) is -1.54. The number of nitrogens with zero attached hydrogens (tertiary/aromatic N) is 2. The van der Waals surface area contributed by atoms with E-state index in [2.05, 4.69) is 34.9 Å². The van der Waals surface area contributed by atoms with Crippen LogP contribution in [0.5, 0.6) is 0 Å². The Morgan fingerprint density at radius 3 is 2.28 bits per heavy atom. The first-order valence-corrected chi connectivity index (χ1v) is 12.5. The Labute approximate surface area is 167 Å². The fourth-order valence-corrected chi connectivity index (χ4v) is 3.94. The molecule has 150 valence electrons. The number of amides is 1. The number of carbonyl (C=O) groups is 1. The number of anilines is 1. The SMILES string of the molecule is C[Si](C)(C)c1ccnc(NC(=O)c2ccc(-c3ncccc3C(F)(F)F)cc2)c1. The van der Waals surface area contributed by atoms with Gasteiger partial charge in [-0.25, -0.2) is 4.98 Å². The maximum atomic E-state index is 13.2. The number of pyridine rings is 2. The van der Waals surface area contributed by atoms with Gasteiger partial charge < -0.3 is 5.32 Å². The molecule has 0 aliphatic rings. The molecule has 1 aromatic carbocycles. The molecule has 3 aromatic rings. The highest BCUT2D eigenvalue weighted by Gasteiger charge is 2.34. The van der Waals surface area contributed by atoms with Crippen molar-refractivity contribution in [3.05, 3.63) is 72.1 Å². The van der Waals surface area contributed by atoms with Crippen molar-refractivity contribution < 1.29 is 18.0 Å². The lowest BCUT2D eigenvalue weighted by molar-refractivity contribution is -0.137. The van der Waals surface area contributed by atoms with Crippen molar-refractivity contribution in [2.75, 3.05) is 5.32 Å². The summed E-state index contributed by atoms with van der Waals surface area (Å²) in [6, 6.07) is 11.9. The van der Waals surface area contributed by atoms with E-state index < -0.39 is 19.8 Å². The molecule has 0 saturated heterocycles. The molecule has 8 heteroatoms. The quantitative estimate of drug-likeness (QED) is 0.613. The van der Waals surface area contributed by atoms with Crippen LogP contribution in [-0.4, -0.2) is 23.9 Å². The molecule has 2 aromatic heterocycles. The van der Waals surface area contributed by atoms with Crippen LogP contribution < -0.4 is 10.5 Å². The zero-order chi connectivity index (χ0) is 21.2. The van der Waals surface area contributed by atoms with Crippen LogP contribution in [-0.2, 0) is 6.18 Å².